The van der Waals surface area contributed by atoms with Crippen molar-refractivity contribution < 1.29 is 31.5 Å². The molecule has 19 heavy (non-hydrogen) atoms. The molecule has 0 unspecified atom stereocenters. The maximum atomic E-state index is 12.0. The molecule has 0 bridgehead atoms. The van der Waals surface area contributed by atoms with Crippen LogP contribution in [0.4, 0.5) is 22.0 Å². The summed E-state index contributed by atoms with van der Waals surface area (Å²) in [5, 5.41) is 1.62. The monoisotopic (exact) mass is 347 g/mol. The highest BCUT2D eigenvalue weighted by atomic mass is 79.9. The molecule has 0 saturated carbocycles. The number of benzene rings is 1. The maximum Gasteiger partial charge on any atom is 0.405 e. The van der Waals surface area contributed by atoms with Gasteiger partial charge in [0.15, 0.2) is 0 Å². The summed E-state index contributed by atoms with van der Waals surface area (Å²) >= 11 is 2.91. The highest BCUT2D eigenvalue weighted by Gasteiger charge is 2.28. The number of ether oxygens (including phenoxy) is 1. The van der Waals surface area contributed by atoms with Gasteiger partial charge in [0.25, 0.3) is 5.91 Å². The Morgan fingerprint density at radius 1 is 1.37 bits per heavy atom. The molecule has 1 aromatic rings. The van der Waals surface area contributed by atoms with Crippen LogP contribution < -0.4 is 10.1 Å². The van der Waals surface area contributed by atoms with E-state index in [0.29, 0.717) is 0 Å². The second kappa shape index (κ2) is 6.18. The minimum atomic E-state index is -4.55. The van der Waals surface area contributed by atoms with Gasteiger partial charge in [-0.2, -0.15) is 22.0 Å². The number of hydrogen-bond donors (Lipinski definition) is 1. The Bertz CT molecular complexity index is 464. The van der Waals surface area contributed by atoms with Gasteiger partial charge in [-0.1, -0.05) is 0 Å². The first-order valence-electron chi connectivity index (χ1n) is 4.78. The Labute approximate surface area is 112 Å². The highest BCUT2D eigenvalue weighted by molar-refractivity contribution is 9.10. The predicted octanol–water partition coefficient (Wildman–Crippen LogP) is 3.34. The summed E-state index contributed by atoms with van der Waals surface area (Å²) < 4.78 is 64.0. The van der Waals surface area contributed by atoms with Crippen LogP contribution in [0.25, 0.3) is 0 Å². The van der Waals surface area contributed by atoms with E-state index in [9.17, 15) is 26.7 Å². The molecule has 0 radical (unpaired) electrons. The Morgan fingerprint density at radius 3 is 2.53 bits per heavy atom. The van der Waals surface area contributed by atoms with Crippen LogP contribution in [0, 0.1) is 0 Å². The van der Waals surface area contributed by atoms with Crippen LogP contribution in [0.3, 0.4) is 0 Å². The Balaban J connectivity index is 2.81. The first kappa shape index (κ1) is 15.7. The van der Waals surface area contributed by atoms with E-state index in [4.69, 9.17) is 0 Å². The van der Waals surface area contributed by atoms with Crippen LogP contribution >= 0.6 is 15.9 Å². The number of nitrogens with one attached hydrogen (secondary N) is 1. The zero-order valence-electron chi connectivity index (χ0n) is 9.10. The standard InChI is InChI=1S/C10H7BrF5NO2/c11-6-2-1-5(3-7(6)19-9(12)13)8(18)17-4-10(14,15)16/h1-3,9H,4H2,(H,17,18). The van der Waals surface area contributed by atoms with E-state index in [1.54, 1.807) is 5.32 Å². The molecule has 0 aliphatic carbocycles. The molecule has 1 aromatic carbocycles. The average Bonchev–Trinajstić information content (AvgIpc) is 2.27. The van der Waals surface area contributed by atoms with E-state index >= 15 is 0 Å². The number of alkyl halides is 5. The molecule has 3 nitrogen and oxygen atoms in total. The van der Waals surface area contributed by atoms with Gasteiger partial charge in [0.05, 0.1) is 4.47 Å². The Morgan fingerprint density at radius 2 is 2.00 bits per heavy atom. The van der Waals surface area contributed by atoms with Gasteiger partial charge in [-0.15, -0.1) is 0 Å². The molecule has 1 N–H and O–H groups in total. The molecule has 0 fully saturated rings. The van der Waals surface area contributed by atoms with E-state index in [1.807, 2.05) is 0 Å². The second-order valence-electron chi connectivity index (χ2n) is 3.32. The number of carbonyl (C=O) groups excluding carboxylic acids is 1. The van der Waals surface area contributed by atoms with Crippen LogP contribution in [-0.4, -0.2) is 25.2 Å². The van der Waals surface area contributed by atoms with Crippen molar-refractivity contribution in [3.05, 3.63) is 28.2 Å². The fourth-order valence-corrected chi connectivity index (χ4v) is 1.45. The quantitative estimate of drug-likeness (QED) is 0.848. The fourth-order valence-electron chi connectivity index (χ4n) is 1.11. The molecular weight excluding hydrogens is 341 g/mol. The smallest absolute Gasteiger partial charge is 0.405 e. The largest absolute Gasteiger partial charge is 0.434 e. The molecule has 106 valence electrons. The average molecular weight is 348 g/mol. The third kappa shape index (κ3) is 5.41. The summed E-state index contributed by atoms with van der Waals surface area (Å²) in [5.41, 5.74) is -0.219. The lowest BCUT2D eigenvalue weighted by Gasteiger charge is -2.10. The van der Waals surface area contributed by atoms with Crippen LogP contribution in [0.1, 0.15) is 10.4 Å². The van der Waals surface area contributed by atoms with Crippen LogP contribution in [0.5, 0.6) is 5.75 Å². The lowest BCUT2D eigenvalue weighted by atomic mass is 10.2. The van der Waals surface area contributed by atoms with E-state index < -0.39 is 25.2 Å². The van der Waals surface area contributed by atoms with E-state index in [-0.39, 0.29) is 15.8 Å². The second-order valence-corrected chi connectivity index (χ2v) is 4.18. The molecule has 9 heteroatoms. The van der Waals surface area contributed by atoms with Crippen molar-refractivity contribution in [2.75, 3.05) is 6.54 Å². The van der Waals surface area contributed by atoms with Crippen molar-refractivity contribution in [1.29, 1.82) is 0 Å². The van der Waals surface area contributed by atoms with Crippen LogP contribution in [0.15, 0.2) is 22.7 Å². The SMILES string of the molecule is O=C(NCC(F)(F)F)c1ccc(Br)c(OC(F)F)c1. The summed E-state index contributed by atoms with van der Waals surface area (Å²) in [6.07, 6.45) is -4.55. The van der Waals surface area contributed by atoms with Gasteiger partial charge in [0.1, 0.15) is 12.3 Å². The molecule has 0 spiro atoms. The van der Waals surface area contributed by atoms with Crippen molar-refractivity contribution in [2.24, 2.45) is 0 Å². The minimum absolute atomic E-state index is 0.153. The van der Waals surface area contributed by atoms with Crippen LogP contribution in [0.2, 0.25) is 0 Å². The maximum absolute atomic E-state index is 12.0. The summed E-state index contributed by atoms with van der Waals surface area (Å²) in [4.78, 5) is 11.4. The van der Waals surface area contributed by atoms with Crippen molar-refractivity contribution >= 4 is 21.8 Å². The molecule has 0 heterocycles. The molecule has 0 saturated heterocycles. The molecule has 0 aliphatic rings. The van der Waals surface area contributed by atoms with Gasteiger partial charge in [0, 0.05) is 5.56 Å². The number of amides is 1. The van der Waals surface area contributed by atoms with Crippen molar-refractivity contribution in [1.82, 2.24) is 5.32 Å². The lowest BCUT2D eigenvalue weighted by molar-refractivity contribution is -0.123. The summed E-state index contributed by atoms with van der Waals surface area (Å²) in [6, 6.07) is 3.32. The number of hydrogen-bond acceptors (Lipinski definition) is 2. The zero-order valence-corrected chi connectivity index (χ0v) is 10.7. The Hall–Kier alpha value is -1.38. The Kier molecular flexibility index (Phi) is 5.10. The van der Waals surface area contributed by atoms with Gasteiger partial charge >= 0.3 is 12.8 Å². The van der Waals surface area contributed by atoms with Gasteiger partial charge < -0.3 is 10.1 Å². The van der Waals surface area contributed by atoms with E-state index in [0.717, 1.165) is 6.07 Å². The third-order valence-corrected chi connectivity index (χ3v) is 2.51. The number of halogens is 6. The van der Waals surface area contributed by atoms with Gasteiger partial charge in [-0.05, 0) is 34.1 Å². The number of rotatable bonds is 4. The summed E-state index contributed by atoms with van der Waals surface area (Å²) in [5.74, 6) is -1.38. The highest BCUT2D eigenvalue weighted by Crippen LogP contribution is 2.27. The van der Waals surface area contributed by atoms with Crippen molar-refractivity contribution in [3.63, 3.8) is 0 Å². The molecule has 0 atom stereocenters. The molecule has 1 rings (SSSR count). The fraction of sp³-hybridized carbons (Fsp3) is 0.300. The topological polar surface area (TPSA) is 38.3 Å². The predicted molar refractivity (Wildman–Crippen MR) is 59.2 cm³/mol. The first-order chi connectivity index (χ1) is 8.69. The lowest BCUT2D eigenvalue weighted by Crippen LogP contribution is -2.33. The number of carbonyl (C=O) groups is 1. The van der Waals surface area contributed by atoms with E-state index in [1.165, 1.54) is 12.1 Å². The normalized spacial score (nSPS) is 11.5. The third-order valence-electron chi connectivity index (χ3n) is 1.86. The molecular formula is C10H7BrF5NO2. The summed E-state index contributed by atoms with van der Waals surface area (Å²) in [6.45, 7) is -4.61. The van der Waals surface area contributed by atoms with Gasteiger partial charge in [-0.25, -0.2) is 0 Å². The first-order valence-corrected chi connectivity index (χ1v) is 5.57. The van der Waals surface area contributed by atoms with Gasteiger partial charge in [0.2, 0.25) is 0 Å². The molecule has 1 amide bonds. The molecule has 0 aliphatic heterocycles. The van der Waals surface area contributed by atoms with Crippen LogP contribution in [-0.2, 0) is 0 Å². The zero-order chi connectivity index (χ0) is 14.6. The minimum Gasteiger partial charge on any atom is -0.434 e. The van der Waals surface area contributed by atoms with Crippen molar-refractivity contribution in [3.8, 4) is 5.75 Å². The van der Waals surface area contributed by atoms with Crippen molar-refractivity contribution in [2.45, 2.75) is 12.8 Å². The van der Waals surface area contributed by atoms with E-state index in [2.05, 4.69) is 20.7 Å². The van der Waals surface area contributed by atoms with Gasteiger partial charge in [-0.3, -0.25) is 4.79 Å². The summed E-state index contributed by atoms with van der Waals surface area (Å²) in [7, 11) is 0. The molecule has 0 aromatic heterocycles.